The molecule has 1 aromatic rings. The van der Waals surface area contributed by atoms with Gasteiger partial charge in [0, 0.05) is 18.4 Å². The summed E-state index contributed by atoms with van der Waals surface area (Å²) in [5.41, 5.74) is -0.555. The van der Waals surface area contributed by atoms with Crippen LogP contribution in [0, 0.1) is 5.82 Å². The van der Waals surface area contributed by atoms with E-state index < -0.39 is 5.60 Å². The summed E-state index contributed by atoms with van der Waals surface area (Å²) in [5.74, 6) is 0.149. The third kappa shape index (κ3) is 2.42. The van der Waals surface area contributed by atoms with Gasteiger partial charge in [-0.2, -0.15) is 0 Å². The zero-order valence-corrected chi connectivity index (χ0v) is 10.1. The van der Waals surface area contributed by atoms with E-state index in [9.17, 15) is 9.50 Å². The molecule has 0 aromatic heterocycles. The number of hydrogen-bond donors (Lipinski definition) is 1. The van der Waals surface area contributed by atoms with Crippen LogP contribution < -0.4 is 4.74 Å². The molecule has 3 nitrogen and oxygen atoms in total. The summed E-state index contributed by atoms with van der Waals surface area (Å²) >= 11 is 0. The van der Waals surface area contributed by atoms with Gasteiger partial charge in [0.05, 0.1) is 25.4 Å². The lowest BCUT2D eigenvalue weighted by Gasteiger charge is -2.36. The first-order valence-corrected chi connectivity index (χ1v) is 5.73. The summed E-state index contributed by atoms with van der Waals surface area (Å²) in [7, 11) is 1.52. The fraction of sp³-hybridized carbons (Fsp3) is 0.538. The predicted molar refractivity (Wildman–Crippen MR) is 61.5 cm³/mol. The van der Waals surface area contributed by atoms with Crippen LogP contribution in [0.25, 0.3) is 0 Å². The lowest BCUT2D eigenvalue weighted by Crippen LogP contribution is -2.37. The highest BCUT2D eigenvalue weighted by atomic mass is 19.1. The fourth-order valence-electron chi connectivity index (χ4n) is 2.35. The standard InChI is InChI=1S/C13H17FO3/c1-9-8-13(15,5-6-17-9)11-7-10(14)3-4-12(11)16-2/h3-4,7,9,15H,5-6,8H2,1-2H3. The van der Waals surface area contributed by atoms with Crippen molar-refractivity contribution in [3.63, 3.8) is 0 Å². The van der Waals surface area contributed by atoms with E-state index >= 15 is 0 Å². The van der Waals surface area contributed by atoms with Crippen LogP contribution in [0.1, 0.15) is 25.3 Å². The minimum Gasteiger partial charge on any atom is -0.496 e. The second kappa shape index (κ2) is 4.63. The molecule has 1 aromatic carbocycles. The number of rotatable bonds is 2. The van der Waals surface area contributed by atoms with Gasteiger partial charge in [0.25, 0.3) is 0 Å². The molecule has 0 amide bonds. The minimum absolute atomic E-state index is 0.0401. The fourth-order valence-corrected chi connectivity index (χ4v) is 2.35. The van der Waals surface area contributed by atoms with E-state index in [1.807, 2.05) is 6.92 Å². The molecule has 1 heterocycles. The van der Waals surface area contributed by atoms with Crippen LogP contribution in [0.15, 0.2) is 18.2 Å². The van der Waals surface area contributed by atoms with Crippen LogP contribution in [0.4, 0.5) is 4.39 Å². The summed E-state index contributed by atoms with van der Waals surface area (Å²) < 4.78 is 23.9. The molecule has 1 aliphatic heterocycles. The molecule has 0 radical (unpaired) electrons. The van der Waals surface area contributed by atoms with Gasteiger partial charge in [-0.05, 0) is 25.1 Å². The molecule has 2 atom stereocenters. The van der Waals surface area contributed by atoms with E-state index in [0.717, 1.165) is 0 Å². The Morgan fingerprint density at radius 3 is 2.94 bits per heavy atom. The third-order valence-electron chi connectivity index (χ3n) is 3.21. The van der Waals surface area contributed by atoms with Gasteiger partial charge < -0.3 is 14.6 Å². The molecule has 0 saturated carbocycles. The zero-order chi connectivity index (χ0) is 12.5. The molecule has 4 heteroatoms. The highest BCUT2D eigenvalue weighted by Gasteiger charge is 2.37. The summed E-state index contributed by atoms with van der Waals surface area (Å²) in [5, 5.41) is 10.6. The highest BCUT2D eigenvalue weighted by molar-refractivity contribution is 5.38. The Labute approximate surface area is 100 Å². The Balaban J connectivity index is 2.40. The molecule has 17 heavy (non-hydrogen) atoms. The Bertz CT molecular complexity index is 408. The van der Waals surface area contributed by atoms with Gasteiger partial charge in [0.15, 0.2) is 0 Å². The lowest BCUT2D eigenvalue weighted by molar-refractivity contribution is -0.102. The van der Waals surface area contributed by atoms with Crippen molar-refractivity contribution < 1.29 is 19.0 Å². The molecular weight excluding hydrogens is 223 g/mol. The number of hydrogen-bond acceptors (Lipinski definition) is 3. The van der Waals surface area contributed by atoms with E-state index in [2.05, 4.69) is 0 Å². The van der Waals surface area contributed by atoms with Crippen molar-refractivity contribution >= 4 is 0 Å². The van der Waals surface area contributed by atoms with Crippen LogP contribution in [-0.4, -0.2) is 24.9 Å². The van der Waals surface area contributed by atoms with E-state index in [0.29, 0.717) is 30.8 Å². The van der Waals surface area contributed by atoms with E-state index in [1.54, 1.807) is 6.07 Å². The highest BCUT2D eigenvalue weighted by Crippen LogP contribution is 2.39. The number of halogens is 1. The van der Waals surface area contributed by atoms with Crippen molar-refractivity contribution in [1.29, 1.82) is 0 Å². The second-order valence-corrected chi connectivity index (χ2v) is 4.51. The van der Waals surface area contributed by atoms with E-state index in [-0.39, 0.29) is 11.9 Å². The third-order valence-corrected chi connectivity index (χ3v) is 3.21. The Hall–Kier alpha value is -1.13. The predicted octanol–water partition coefficient (Wildman–Crippen LogP) is 2.22. The van der Waals surface area contributed by atoms with Gasteiger partial charge >= 0.3 is 0 Å². The lowest BCUT2D eigenvalue weighted by atomic mass is 9.83. The number of benzene rings is 1. The molecule has 2 unspecified atom stereocenters. The average Bonchev–Trinajstić information content (AvgIpc) is 2.28. The van der Waals surface area contributed by atoms with Crippen molar-refractivity contribution in [2.45, 2.75) is 31.5 Å². The molecule has 1 aliphatic rings. The normalized spacial score (nSPS) is 29.1. The molecule has 1 saturated heterocycles. The van der Waals surface area contributed by atoms with Crippen LogP contribution >= 0.6 is 0 Å². The van der Waals surface area contributed by atoms with Crippen LogP contribution in [0.2, 0.25) is 0 Å². The van der Waals surface area contributed by atoms with Gasteiger partial charge in [-0.25, -0.2) is 4.39 Å². The van der Waals surface area contributed by atoms with Crippen LogP contribution in [0.3, 0.4) is 0 Å². The summed E-state index contributed by atoms with van der Waals surface area (Å²) in [6.07, 6.45) is 0.867. The van der Waals surface area contributed by atoms with Gasteiger partial charge in [-0.1, -0.05) is 0 Å². The molecule has 0 aliphatic carbocycles. The largest absolute Gasteiger partial charge is 0.496 e. The average molecular weight is 240 g/mol. The van der Waals surface area contributed by atoms with Gasteiger partial charge in [0.2, 0.25) is 0 Å². The van der Waals surface area contributed by atoms with Crippen molar-refractivity contribution in [1.82, 2.24) is 0 Å². The molecule has 94 valence electrons. The molecule has 2 rings (SSSR count). The van der Waals surface area contributed by atoms with Crippen molar-refractivity contribution in [3.05, 3.63) is 29.6 Å². The van der Waals surface area contributed by atoms with Crippen molar-refractivity contribution in [3.8, 4) is 5.75 Å². The number of ether oxygens (including phenoxy) is 2. The summed E-state index contributed by atoms with van der Waals surface area (Å²) in [6.45, 7) is 2.37. The van der Waals surface area contributed by atoms with Crippen molar-refractivity contribution in [2.24, 2.45) is 0 Å². The number of methoxy groups -OCH3 is 1. The van der Waals surface area contributed by atoms with E-state index in [1.165, 1.54) is 19.2 Å². The topological polar surface area (TPSA) is 38.7 Å². The second-order valence-electron chi connectivity index (χ2n) is 4.51. The Kier molecular flexibility index (Phi) is 3.35. The van der Waals surface area contributed by atoms with Crippen LogP contribution in [0.5, 0.6) is 5.75 Å². The van der Waals surface area contributed by atoms with Gasteiger partial charge in [0.1, 0.15) is 11.6 Å². The molecule has 0 spiro atoms. The SMILES string of the molecule is COc1ccc(F)cc1C1(O)CCOC(C)C1. The maximum absolute atomic E-state index is 13.3. The first kappa shape index (κ1) is 12.3. The van der Waals surface area contributed by atoms with Gasteiger partial charge in [-0.3, -0.25) is 0 Å². The van der Waals surface area contributed by atoms with E-state index in [4.69, 9.17) is 9.47 Å². The quantitative estimate of drug-likeness (QED) is 0.861. The number of aliphatic hydroxyl groups is 1. The zero-order valence-electron chi connectivity index (χ0n) is 10.1. The molecule has 0 bridgehead atoms. The van der Waals surface area contributed by atoms with Crippen LogP contribution in [-0.2, 0) is 10.3 Å². The monoisotopic (exact) mass is 240 g/mol. The molecule has 1 fully saturated rings. The minimum atomic E-state index is -1.06. The molecule has 1 N–H and O–H groups in total. The molecular formula is C13H17FO3. The maximum Gasteiger partial charge on any atom is 0.125 e. The smallest absolute Gasteiger partial charge is 0.125 e. The Morgan fingerprint density at radius 1 is 1.53 bits per heavy atom. The van der Waals surface area contributed by atoms with Crippen molar-refractivity contribution in [2.75, 3.05) is 13.7 Å². The maximum atomic E-state index is 13.3. The Morgan fingerprint density at radius 2 is 2.29 bits per heavy atom. The summed E-state index contributed by atoms with van der Waals surface area (Å²) in [4.78, 5) is 0. The first-order chi connectivity index (χ1) is 8.05. The first-order valence-electron chi connectivity index (χ1n) is 5.73. The summed E-state index contributed by atoms with van der Waals surface area (Å²) in [6, 6.07) is 4.22. The van der Waals surface area contributed by atoms with Gasteiger partial charge in [-0.15, -0.1) is 0 Å².